The summed E-state index contributed by atoms with van der Waals surface area (Å²) in [6, 6.07) is 10.6. The lowest BCUT2D eigenvalue weighted by Gasteiger charge is -2.26. The number of likely N-dealkylation sites (tertiary alicyclic amines) is 1. The molecule has 2 rings (SSSR count). The van der Waals surface area contributed by atoms with Crippen molar-refractivity contribution in [3.05, 3.63) is 35.9 Å². The molecule has 0 bridgehead atoms. The molecule has 1 saturated heterocycles. The molecule has 2 N–H and O–H groups in total. The Morgan fingerprint density at radius 2 is 1.92 bits per heavy atom. The van der Waals surface area contributed by atoms with E-state index in [2.05, 4.69) is 29.2 Å². The number of alkyl halides is 3. The summed E-state index contributed by atoms with van der Waals surface area (Å²) in [5.41, 5.74) is 1.29. The van der Waals surface area contributed by atoms with E-state index >= 15 is 0 Å². The van der Waals surface area contributed by atoms with Gasteiger partial charge in [-0.1, -0.05) is 30.3 Å². The van der Waals surface area contributed by atoms with Gasteiger partial charge in [0.2, 0.25) is 0 Å². The van der Waals surface area contributed by atoms with Crippen molar-refractivity contribution < 1.29 is 32.9 Å². The van der Waals surface area contributed by atoms with E-state index in [0.717, 1.165) is 32.5 Å². The number of rotatable bonds is 5. The fourth-order valence-corrected chi connectivity index (χ4v) is 2.51. The van der Waals surface area contributed by atoms with Crippen molar-refractivity contribution in [1.82, 2.24) is 4.90 Å². The highest BCUT2D eigenvalue weighted by Crippen LogP contribution is 2.21. The zero-order valence-corrected chi connectivity index (χ0v) is 13.4. The normalized spacial score (nSPS) is 21.2. The minimum atomic E-state index is -5.08. The molecule has 1 aliphatic heterocycles. The zero-order chi connectivity index (χ0) is 18.2. The molecular formula is C16H22F3NO4. The number of hydrogen-bond acceptors (Lipinski definition) is 4. The summed E-state index contributed by atoms with van der Waals surface area (Å²) in [7, 11) is 1.72. The van der Waals surface area contributed by atoms with Crippen LogP contribution in [0.1, 0.15) is 12.0 Å². The van der Waals surface area contributed by atoms with Crippen LogP contribution in [0.5, 0.6) is 0 Å². The summed E-state index contributed by atoms with van der Waals surface area (Å²) in [5.74, 6) is -2.76. The number of carbonyl (C=O) groups is 1. The van der Waals surface area contributed by atoms with E-state index in [9.17, 15) is 18.3 Å². The highest BCUT2D eigenvalue weighted by atomic mass is 19.4. The Morgan fingerprint density at radius 3 is 2.42 bits per heavy atom. The summed E-state index contributed by atoms with van der Waals surface area (Å²) in [6.45, 7) is 2.62. The van der Waals surface area contributed by atoms with Gasteiger partial charge in [-0.3, -0.25) is 4.90 Å². The molecule has 0 amide bonds. The fraction of sp³-hybridized carbons (Fsp3) is 0.562. The first-order valence-corrected chi connectivity index (χ1v) is 7.50. The molecule has 2 atom stereocenters. The summed E-state index contributed by atoms with van der Waals surface area (Å²) < 4.78 is 36.9. The van der Waals surface area contributed by atoms with E-state index in [1.807, 2.05) is 6.07 Å². The van der Waals surface area contributed by atoms with Gasteiger partial charge in [-0.15, -0.1) is 0 Å². The fourth-order valence-electron chi connectivity index (χ4n) is 2.51. The first kappa shape index (κ1) is 20.4. The number of halogens is 3. The smallest absolute Gasteiger partial charge is 0.475 e. The van der Waals surface area contributed by atoms with Crippen molar-refractivity contribution >= 4 is 5.97 Å². The Bertz CT molecular complexity index is 496. The van der Waals surface area contributed by atoms with Crippen LogP contribution in [0.2, 0.25) is 0 Å². The van der Waals surface area contributed by atoms with Gasteiger partial charge in [-0.05, 0) is 18.4 Å². The summed E-state index contributed by atoms with van der Waals surface area (Å²) in [4.78, 5) is 11.2. The minimum Gasteiger partial charge on any atom is -0.475 e. The number of ether oxygens (including phenoxy) is 1. The second kappa shape index (κ2) is 9.61. The van der Waals surface area contributed by atoms with Gasteiger partial charge < -0.3 is 14.9 Å². The maximum absolute atomic E-state index is 10.6. The molecule has 5 nitrogen and oxygen atoms in total. The lowest BCUT2D eigenvalue weighted by Crippen LogP contribution is -2.38. The number of carboxylic acids is 1. The van der Waals surface area contributed by atoms with Crippen molar-refractivity contribution in [2.75, 3.05) is 26.8 Å². The molecule has 136 valence electrons. The Hall–Kier alpha value is -1.64. The molecule has 0 aliphatic carbocycles. The van der Waals surface area contributed by atoms with Gasteiger partial charge in [0.25, 0.3) is 0 Å². The Morgan fingerprint density at radius 1 is 1.33 bits per heavy atom. The third-order valence-corrected chi connectivity index (χ3v) is 3.74. The van der Waals surface area contributed by atoms with Crippen LogP contribution in [-0.2, 0) is 16.0 Å². The Kier molecular flexibility index (Phi) is 8.17. The molecule has 0 saturated carbocycles. The Labute approximate surface area is 138 Å². The number of aliphatic hydroxyl groups is 1. The molecular weight excluding hydrogens is 327 g/mol. The number of nitrogens with zero attached hydrogens (tertiary/aromatic N) is 1. The average Bonchev–Trinajstić information content (AvgIpc) is 2.86. The predicted molar refractivity (Wildman–Crippen MR) is 81.7 cm³/mol. The Balaban J connectivity index is 0.000000351. The molecule has 0 unspecified atom stereocenters. The van der Waals surface area contributed by atoms with Gasteiger partial charge in [0.15, 0.2) is 0 Å². The second-order valence-electron chi connectivity index (χ2n) is 5.44. The first-order chi connectivity index (χ1) is 11.3. The van der Waals surface area contributed by atoms with Crippen LogP contribution >= 0.6 is 0 Å². The minimum absolute atomic E-state index is 0.202. The zero-order valence-electron chi connectivity index (χ0n) is 13.4. The van der Waals surface area contributed by atoms with Crippen molar-refractivity contribution in [2.45, 2.75) is 31.2 Å². The summed E-state index contributed by atoms with van der Waals surface area (Å²) in [5, 5.41) is 17.2. The van der Waals surface area contributed by atoms with E-state index in [-0.39, 0.29) is 12.1 Å². The molecule has 0 aromatic heterocycles. The van der Waals surface area contributed by atoms with Crippen LogP contribution in [0, 0.1) is 0 Å². The quantitative estimate of drug-likeness (QED) is 0.850. The lowest BCUT2D eigenvalue weighted by molar-refractivity contribution is -0.192. The maximum Gasteiger partial charge on any atom is 0.490 e. The lowest BCUT2D eigenvalue weighted by atomic mass is 10.0. The number of aliphatic hydroxyl groups excluding tert-OH is 1. The van der Waals surface area contributed by atoms with Crippen molar-refractivity contribution in [1.29, 1.82) is 0 Å². The molecule has 1 aliphatic rings. The van der Waals surface area contributed by atoms with Crippen molar-refractivity contribution in [3.8, 4) is 0 Å². The largest absolute Gasteiger partial charge is 0.490 e. The number of methoxy groups -OCH3 is 1. The van der Waals surface area contributed by atoms with Crippen molar-refractivity contribution in [2.24, 2.45) is 0 Å². The van der Waals surface area contributed by atoms with Gasteiger partial charge in [0.1, 0.15) is 0 Å². The molecule has 1 heterocycles. The van der Waals surface area contributed by atoms with Gasteiger partial charge in [0.05, 0.1) is 12.7 Å². The standard InChI is InChI=1S/C14H21NO2.C2HF3O2/c1-17-10-9-15-8-7-14(16)13(15)11-12-5-3-2-4-6-12;3-2(4,5)1(6)7/h2-6,13-14,16H,7-11H2,1H3;(H,6,7)/t13-,14-;/m0./s1. The summed E-state index contributed by atoms with van der Waals surface area (Å²) >= 11 is 0. The monoisotopic (exact) mass is 349 g/mol. The van der Waals surface area contributed by atoms with E-state index in [1.54, 1.807) is 7.11 Å². The SMILES string of the molecule is COCCN1CC[C@H](O)[C@@H]1Cc1ccccc1.O=C(O)C(F)(F)F. The van der Waals surface area contributed by atoms with Crippen LogP contribution in [0.15, 0.2) is 30.3 Å². The van der Waals surface area contributed by atoms with Gasteiger partial charge in [0, 0.05) is 26.2 Å². The number of aliphatic carboxylic acids is 1. The maximum atomic E-state index is 10.6. The third kappa shape index (κ3) is 6.86. The van der Waals surface area contributed by atoms with E-state index < -0.39 is 12.1 Å². The van der Waals surface area contributed by atoms with Crippen LogP contribution in [0.3, 0.4) is 0 Å². The van der Waals surface area contributed by atoms with Crippen LogP contribution < -0.4 is 0 Å². The highest BCUT2D eigenvalue weighted by Gasteiger charge is 2.38. The second-order valence-corrected chi connectivity index (χ2v) is 5.44. The van der Waals surface area contributed by atoms with E-state index in [0.29, 0.717) is 0 Å². The number of benzene rings is 1. The summed E-state index contributed by atoms with van der Waals surface area (Å²) in [6.07, 6.45) is -3.49. The molecule has 1 aromatic rings. The van der Waals surface area contributed by atoms with Crippen LogP contribution in [0.25, 0.3) is 0 Å². The molecule has 24 heavy (non-hydrogen) atoms. The molecule has 0 spiro atoms. The topological polar surface area (TPSA) is 70.0 Å². The molecule has 8 heteroatoms. The number of hydrogen-bond donors (Lipinski definition) is 2. The van der Waals surface area contributed by atoms with Crippen LogP contribution in [-0.4, -0.2) is 66.2 Å². The van der Waals surface area contributed by atoms with Gasteiger partial charge in [-0.25, -0.2) is 4.79 Å². The number of carboxylic acid groups (broad SMARTS) is 1. The third-order valence-electron chi connectivity index (χ3n) is 3.74. The predicted octanol–water partition coefficient (Wildman–Crippen LogP) is 1.94. The highest BCUT2D eigenvalue weighted by molar-refractivity contribution is 5.73. The van der Waals surface area contributed by atoms with E-state index in [4.69, 9.17) is 14.6 Å². The average molecular weight is 349 g/mol. The van der Waals surface area contributed by atoms with Gasteiger partial charge in [-0.2, -0.15) is 13.2 Å². The molecule has 0 radical (unpaired) electrons. The van der Waals surface area contributed by atoms with Crippen molar-refractivity contribution in [3.63, 3.8) is 0 Å². The molecule has 1 aromatic carbocycles. The first-order valence-electron chi connectivity index (χ1n) is 7.50. The molecule has 1 fully saturated rings. The van der Waals surface area contributed by atoms with E-state index in [1.165, 1.54) is 5.56 Å². The van der Waals surface area contributed by atoms with Crippen LogP contribution in [0.4, 0.5) is 13.2 Å². The van der Waals surface area contributed by atoms with Gasteiger partial charge >= 0.3 is 12.1 Å².